The zero-order valence-corrected chi connectivity index (χ0v) is 80.0. The van der Waals surface area contributed by atoms with Crippen molar-refractivity contribution in [2.45, 2.75) is 188 Å². The van der Waals surface area contributed by atoms with Crippen LogP contribution in [0.2, 0.25) is 36.3 Å². The first-order chi connectivity index (χ1) is 65.3. The van der Waals surface area contributed by atoms with Crippen molar-refractivity contribution < 1.29 is 61.8 Å². The van der Waals surface area contributed by atoms with Crippen LogP contribution in [0.4, 0.5) is 4.79 Å². The number of ketones is 1. The Balaban J connectivity index is 0.000000367. The van der Waals surface area contributed by atoms with Crippen LogP contribution in [0.5, 0.6) is 0 Å². The minimum Gasteiger partial charge on any atom is -0.440 e. The molecule has 0 aliphatic carbocycles. The SMILES string of the molecule is C.CC#CC#CC#CC#CC#CC#CC#CC#CC#CC#CC#CC#CC#CC#CC#CC#CC#CC#CC#CC#CC#CC#CC#CC#CC#CC.CC(C)(C)[Si](C)(C)OCc1cc([C@H](O)[C@](C)(OCc2ccc(-c3ccccc3)cc2)C(=O)CO)no1.CC1(C)OC(=O)N(C(=O)[C@@](C)(OCc2ccc(-c3ccccc3)cc2)[C@@H](O)c2cc(CO[Si](C)(C)C(C)(C)C)on2)[C@H]1c1ccccc1. The first kappa shape index (κ1) is 110. The van der Waals surface area contributed by atoms with E-state index in [-0.39, 0.29) is 55.3 Å². The van der Waals surface area contributed by atoms with E-state index < -0.39 is 76.1 Å². The molecule has 16 nitrogen and oxygen atoms in total. The molecule has 0 spiro atoms. The van der Waals surface area contributed by atoms with Crippen molar-refractivity contribution in [3.63, 3.8) is 0 Å². The number of rotatable bonds is 22. The van der Waals surface area contributed by atoms with Gasteiger partial charge >= 0.3 is 6.09 Å². The number of nitrogens with zero attached hydrogens (tertiary/aromatic N) is 3. The highest BCUT2D eigenvalue weighted by Gasteiger charge is 2.58. The third-order valence-corrected chi connectivity index (χ3v) is 28.8. The summed E-state index contributed by atoms with van der Waals surface area (Å²) in [4.78, 5) is 41.8. The molecular weight excluding hydrogens is 1740 g/mol. The summed E-state index contributed by atoms with van der Waals surface area (Å²) >= 11 is 0. The van der Waals surface area contributed by atoms with Gasteiger partial charge < -0.3 is 47.4 Å². The van der Waals surface area contributed by atoms with E-state index in [0.29, 0.717) is 17.1 Å². The van der Waals surface area contributed by atoms with Crippen LogP contribution >= 0.6 is 0 Å². The Morgan fingerprint density at radius 3 is 0.898 bits per heavy atom. The number of benzene rings is 5. The van der Waals surface area contributed by atoms with Crippen molar-refractivity contribution in [1.29, 1.82) is 0 Å². The number of aromatic nitrogens is 2. The summed E-state index contributed by atoms with van der Waals surface area (Å²) < 4.78 is 41.4. The second kappa shape index (κ2) is 58.1. The molecule has 8 rings (SSSR count). The first-order valence-corrected chi connectivity index (χ1v) is 47.3. The summed E-state index contributed by atoms with van der Waals surface area (Å²) in [5.41, 5.74) is 2.05. The maximum absolute atomic E-state index is 14.7. The summed E-state index contributed by atoms with van der Waals surface area (Å²) in [6.07, 6.45) is -3.87. The number of Topliss-reactive ketones (excluding diaryl/α,β-unsaturated/α-hetero) is 1. The fraction of sp³-hybridized carbons (Fsp3) is 0.252. The van der Waals surface area contributed by atoms with Crippen LogP contribution in [0.1, 0.15) is 148 Å². The molecular formula is C119H93N3O13Si2. The van der Waals surface area contributed by atoms with E-state index in [1.807, 2.05) is 140 Å². The van der Waals surface area contributed by atoms with Crippen molar-refractivity contribution in [2.75, 3.05) is 6.61 Å². The highest BCUT2D eigenvalue weighted by molar-refractivity contribution is 6.74. The summed E-state index contributed by atoms with van der Waals surface area (Å²) in [6, 6.07) is 47.1. The van der Waals surface area contributed by atoms with E-state index in [1.165, 1.54) is 13.8 Å². The smallest absolute Gasteiger partial charge is 0.417 e. The van der Waals surface area contributed by atoms with Gasteiger partial charge in [-0.05, 0) is 211 Å². The largest absolute Gasteiger partial charge is 0.440 e. The van der Waals surface area contributed by atoms with Crippen LogP contribution < -0.4 is 0 Å². The third kappa shape index (κ3) is 38.3. The van der Waals surface area contributed by atoms with Crippen LogP contribution in [0.3, 0.4) is 0 Å². The van der Waals surface area contributed by atoms with Crippen molar-refractivity contribution in [1.82, 2.24) is 15.2 Å². The van der Waals surface area contributed by atoms with E-state index in [2.05, 4.69) is 374 Å². The maximum Gasteiger partial charge on any atom is 0.417 e. The monoisotopic (exact) mass is 1830 g/mol. The predicted molar refractivity (Wildman–Crippen MR) is 538 cm³/mol. The molecule has 2 amide bonds. The number of cyclic esters (lactones) is 1. The molecule has 7 aromatic rings. The molecule has 1 saturated heterocycles. The van der Waals surface area contributed by atoms with Crippen molar-refractivity contribution >= 4 is 34.4 Å². The van der Waals surface area contributed by atoms with Gasteiger partial charge in [0.25, 0.3) is 5.91 Å². The maximum atomic E-state index is 14.7. The molecule has 1 aliphatic heterocycles. The lowest BCUT2D eigenvalue weighted by atomic mass is 9.88. The Hall–Kier alpha value is -17.7. The summed E-state index contributed by atoms with van der Waals surface area (Å²) in [6.45, 7) is 30.9. The lowest BCUT2D eigenvalue weighted by Crippen LogP contribution is -2.54. The molecule has 0 unspecified atom stereocenters. The Bertz CT molecular complexity index is 7120. The molecule has 137 heavy (non-hydrogen) atoms. The second-order valence-corrected chi connectivity index (χ2v) is 41.4. The topological polar surface area (TPSA) is 213 Å². The molecule has 18 heteroatoms. The van der Waals surface area contributed by atoms with Gasteiger partial charge in [-0.3, -0.25) is 9.59 Å². The van der Waals surface area contributed by atoms with Gasteiger partial charge in [0.2, 0.25) is 0 Å². The second-order valence-electron chi connectivity index (χ2n) is 31.8. The van der Waals surface area contributed by atoms with E-state index >= 15 is 0 Å². The average molecular weight is 1830 g/mol. The van der Waals surface area contributed by atoms with E-state index in [9.17, 15) is 29.7 Å². The van der Waals surface area contributed by atoms with E-state index in [1.54, 1.807) is 39.8 Å². The molecule has 0 radical (unpaired) electrons. The Kier molecular flexibility index (Phi) is 46.6. The van der Waals surface area contributed by atoms with E-state index in [4.69, 9.17) is 32.1 Å². The van der Waals surface area contributed by atoms with Crippen molar-refractivity contribution in [3.05, 3.63) is 191 Å². The van der Waals surface area contributed by atoms with Gasteiger partial charge in [0, 0.05) is 202 Å². The Morgan fingerprint density at radius 2 is 0.635 bits per heavy atom. The fourth-order valence-electron chi connectivity index (χ4n) is 10.5. The fourth-order valence-corrected chi connectivity index (χ4v) is 12.4. The van der Waals surface area contributed by atoms with Crippen LogP contribution in [-0.4, -0.2) is 88.4 Å². The molecule has 1 fully saturated rings. The number of hydrogen-bond acceptors (Lipinski definition) is 15. The van der Waals surface area contributed by atoms with Crippen LogP contribution in [-0.2, 0) is 59.1 Å². The number of ether oxygens (including phenoxy) is 3. The minimum atomic E-state index is -2.10. The predicted octanol–water partition coefficient (Wildman–Crippen LogP) is 15.6. The van der Waals surface area contributed by atoms with Gasteiger partial charge in [0.15, 0.2) is 45.1 Å². The molecule has 0 bridgehead atoms. The number of amides is 2. The minimum absolute atomic E-state index is 0. The lowest BCUT2D eigenvalue weighted by molar-refractivity contribution is -0.175. The van der Waals surface area contributed by atoms with Gasteiger partial charge in [-0.25, -0.2) is 9.69 Å². The van der Waals surface area contributed by atoms with Crippen LogP contribution in [0.25, 0.3) is 22.3 Å². The Labute approximate surface area is 810 Å². The lowest BCUT2D eigenvalue weighted by Gasteiger charge is -2.37. The number of aliphatic hydroxyl groups is 3. The highest BCUT2D eigenvalue weighted by atomic mass is 28.4. The standard InChI is InChI=1S/C52H6.C38H46N2O7Si.C28H37NO6Si.CH4/c1-3-5-7-9-11-13-15-17-19-21-23-25-27-29-31-33-35-37-39-41-43-45-47-49-51-52-50-48-46-44-42-40-38-36-34-32-30-28-26-24-22-20-18-16-14-12-10-8-6-4-2;1-36(2,3)48(7,8)45-25-30-23-31(39-47-30)33(41)38(6,44-24-26-19-21-28(22-20-26)27-15-11-9-12-16-27)34(42)40-32(29-17-13-10-14-18-29)37(4,5)46-35(40)43;1-27(2,3)36(5,6)34-19-23-16-24(29-35-23)26(32)28(4,25(31)17-30)33-18-20-12-14-22(15-13-20)21-10-8-7-9-11-21;/h1-2H3;9-23,32-33,41H,24-25H2,1-8H3;7-16,26,30,32H,17-19H2,1-6H3;1H4/t;32-,33-,38-;26-,28+;/m.00./s1. The normalized spacial score (nSPS) is 11.8. The van der Waals surface area contributed by atoms with Gasteiger partial charge in [0.05, 0.1) is 26.4 Å². The summed E-state index contributed by atoms with van der Waals surface area (Å²) in [7, 11) is -4.11. The van der Waals surface area contributed by atoms with E-state index in [0.717, 1.165) is 38.3 Å². The molecule has 670 valence electrons. The van der Waals surface area contributed by atoms with Gasteiger partial charge in [-0.15, -0.1) is 0 Å². The number of carbonyl (C=O) groups excluding carboxylic acids is 3. The van der Waals surface area contributed by atoms with Crippen LogP contribution in [0, 0.1) is 296 Å². The number of imide groups is 1. The quantitative estimate of drug-likeness (QED) is 0.0425. The average Bonchev–Trinajstić information content (AvgIpc) is 1.61. The zero-order chi connectivity index (χ0) is 98.8. The first-order valence-electron chi connectivity index (χ1n) is 41.5. The number of carbonyl (C=O) groups is 3. The zero-order valence-electron chi connectivity index (χ0n) is 78.0. The molecule has 0 saturated carbocycles. The number of aliphatic hydroxyl groups excluding tert-OH is 3. The molecule has 5 atom stereocenters. The third-order valence-electron chi connectivity index (χ3n) is 19.8. The van der Waals surface area contributed by atoms with Crippen molar-refractivity contribution in [3.8, 4) is 318 Å². The van der Waals surface area contributed by atoms with Gasteiger partial charge in [-0.1, -0.05) is 211 Å². The molecule has 2 aromatic heterocycles. The van der Waals surface area contributed by atoms with Crippen LogP contribution in [0.15, 0.2) is 161 Å². The summed E-state index contributed by atoms with van der Waals surface area (Å²) in [5.74, 6) is 125. The molecule has 1 aliphatic rings. The van der Waals surface area contributed by atoms with Gasteiger partial charge in [0.1, 0.15) is 41.8 Å². The molecule has 3 N–H and O–H groups in total. The van der Waals surface area contributed by atoms with Crippen molar-refractivity contribution in [2.24, 2.45) is 0 Å². The molecule has 3 heterocycles. The highest BCUT2D eigenvalue weighted by Crippen LogP contribution is 2.46. The number of hydrogen-bond donors (Lipinski definition) is 3. The molecule has 5 aromatic carbocycles. The Morgan fingerprint density at radius 1 is 0.387 bits per heavy atom. The summed E-state index contributed by atoms with van der Waals surface area (Å²) in [5, 5.41) is 40.7. The van der Waals surface area contributed by atoms with Gasteiger partial charge in [-0.2, -0.15) is 0 Å².